The van der Waals surface area contributed by atoms with Crippen molar-refractivity contribution in [3.8, 4) is 17.6 Å². The maximum absolute atomic E-state index is 13.0. The SMILES string of the molecule is COc1ccc(C=C2N=C(SCC#N)N(c3ccc(Cl)c(OC)c3)C2=O)cc1. The Morgan fingerprint density at radius 1 is 1.21 bits per heavy atom. The highest BCUT2D eigenvalue weighted by atomic mass is 35.5. The quantitative estimate of drug-likeness (QED) is 0.681. The van der Waals surface area contributed by atoms with E-state index in [2.05, 4.69) is 11.1 Å². The molecule has 0 unspecified atom stereocenters. The van der Waals surface area contributed by atoms with Gasteiger partial charge in [0.05, 0.1) is 36.8 Å². The molecule has 0 aromatic heterocycles. The number of carbonyl (C=O) groups excluding carboxylic acids is 1. The van der Waals surface area contributed by atoms with Crippen LogP contribution >= 0.6 is 23.4 Å². The molecule has 1 aliphatic rings. The summed E-state index contributed by atoms with van der Waals surface area (Å²) in [4.78, 5) is 18.9. The largest absolute Gasteiger partial charge is 0.497 e. The van der Waals surface area contributed by atoms with Crippen molar-refractivity contribution >= 4 is 46.2 Å². The van der Waals surface area contributed by atoms with Crippen LogP contribution in [-0.4, -0.2) is 31.0 Å². The molecule has 6 nitrogen and oxygen atoms in total. The number of anilines is 1. The van der Waals surface area contributed by atoms with E-state index in [1.807, 2.05) is 24.3 Å². The Balaban J connectivity index is 1.98. The molecule has 2 aromatic carbocycles. The zero-order valence-corrected chi connectivity index (χ0v) is 16.8. The Kier molecular flexibility index (Phi) is 6.24. The number of carbonyl (C=O) groups is 1. The summed E-state index contributed by atoms with van der Waals surface area (Å²) < 4.78 is 10.4. The van der Waals surface area contributed by atoms with Crippen LogP contribution in [0.1, 0.15) is 5.56 Å². The van der Waals surface area contributed by atoms with Gasteiger partial charge in [-0.2, -0.15) is 5.26 Å². The van der Waals surface area contributed by atoms with Gasteiger partial charge in [-0.25, -0.2) is 4.99 Å². The van der Waals surface area contributed by atoms with Crippen LogP contribution in [-0.2, 0) is 4.79 Å². The first-order chi connectivity index (χ1) is 13.6. The minimum absolute atomic E-state index is 0.170. The van der Waals surface area contributed by atoms with E-state index in [4.69, 9.17) is 26.3 Å². The number of thioether (sulfide) groups is 1. The molecule has 1 aliphatic heterocycles. The number of aliphatic imine (C=N–C) groups is 1. The summed E-state index contributed by atoms with van der Waals surface area (Å²) in [5.74, 6) is 1.05. The lowest BCUT2D eigenvalue weighted by atomic mass is 10.2. The fraction of sp³-hybridized carbons (Fsp3) is 0.150. The minimum atomic E-state index is -0.291. The van der Waals surface area contributed by atoms with Gasteiger partial charge >= 0.3 is 0 Å². The van der Waals surface area contributed by atoms with Crippen LogP contribution in [0, 0.1) is 11.3 Å². The van der Waals surface area contributed by atoms with Crippen LogP contribution in [0.5, 0.6) is 11.5 Å². The number of nitriles is 1. The van der Waals surface area contributed by atoms with Crippen molar-refractivity contribution in [3.63, 3.8) is 0 Å². The summed E-state index contributed by atoms with van der Waals surface area (Å²) in [6, 6.07) is 14.4. The first-order valence-corrected chi connectivity index (χ1v) is 9.56. The normalized spacial score (nSPS) is 14.8. The summed E-state index contributed by atoms with van der Waals surface area (Å²) in [5.41, 5.74) is 1.65. The van der Waals surface area contributed by atoms with Crippen LogP contribution in [0.25, 0.3) is 6.08 Å². The third-order valence-corrected chi connectivity index (χ3v) is 5.03. The number of nitrogens with zero attached hydrogens (tertiary/aromatic N) is 3. The van der Waals surface area contributed by atoms with E-state index in [0.29, 0.717) is 21.6 Å². The smallest absolute Gasteiger partial charge is 0.283 e. The van der Waals surface area contributed by atoms with E-state index in [0.717, 1.165) is 11.3 Å². The summed E-state index contributed by atoms with van der Waals surface area (Å²) >= 11 is 7.28. The number of amides is 1. The highest BCUT2D eigenvalue weighted by Gasteiger charge is 2.32. The van der Waals surface area contributed by atoms with E-state index < -0.39 is 0 Å². The third-order valence-electron chi connectivity index (χ3n) is 3.91. The molecule has 1 amide bonds. The fourth-order valence-corrected chi connectivity index (χ4v) is 3.43. The van der Waals surface area contributed by atoms with Crippen LogP contribution in [0.15, 0.2) is 53.2 Å². The lowest BCUT2D eigenvalue weighted by molar-refractivity contribution is -0.113. The minimum Gasteiger partial charge on any atom is -0.497 e. The average molecular weight is 414 g/mol. The van der Waals surface area contributed by atoms with Crippen molar-refractivity contribution in [2.75, 3.05) is 24.9 Å². The van der Waals surface area contributed by atoms with Crippen molar-refractivity contribution in [2.24, 2.45) is 4.99 Å². The number of hydrogen-bond acceptors (Lipinski definition) is 6. The van der Waals surface area contributed by atoms with E-state index in [9.17, 15) is 4.79 Å². The highest BCUT2D eigenvalue weighted by Crippen LogP contribution is 2.34. The Hall–Kier alpha value is -2.95. The number of halogens is 1. The number of ether oxygens (including phenoxy) is 2. The molecule has 0 saturated carbocycles. The van der Waals surface area contributed by atoms with Gasteiger partial charge < -0.3 is 9.47 Å². The number of amidine groups is 1. The fourth-order valence-electron chi connectivity index (χ4n) is 2.56. The van der Waals surface area contributed by atoms with Gasteiger partial charge in [0.2, 0.25) is 0 Å². The Labute approximate surface area is 172 Å². The van der Waals surface area contributed by atoms with E-state index in [1.165, 1.54) is 23.8 Å². The summed E-state index contributed by atoms with van der Waals surface area (Å²) in [6.45, 7) is 0. The van der Waals surface area contributed by atoms with Gasteiger partial charge in [0.25, 0.3) is 5.91 Å². The van der Waals surface area contributed by atoms with Crippen molar-refractivity contribution < 1.29 is 14.3 Å². The molecule has 0 atom stereocenters. The number of hydrogen-bond donors (Lipinski definition) is 0. The van der Waals surface area contributed by atoms with Gasteiger partial charge in [0, 0.05) is 6.07 Å². The van der Waals surface area contributed by atoms with Gasteiger partial charge in [-0.1, -0.05) is 35.5 Å². The molecule has 3 rings (SSSR count). The van der Waals surface area contributed by atoms with Crippen LogP contribution < -0.4 is 14.4 Å². The number of benzene rings is 2. The second-order valence-corrected chi connectivity index (χ2v) is 6.95. The van der Waals surface area contributed by atoms with Gasteiger partial charge in [0.1, 0.15) is 17.2 Å². The molecular formula is C20H16ClN3O3S. The van der Waals surface area contributed by atoms with Gasteiger partial charge in [0.15, 0.2) is 5.17 Å². The van der Waals surface area contributed by atoms with Crippen molar-refractivity contribution in [3.05, 3.63) is 58.7 Å². The maximum atomic E-state index is 13.0. The lowest BCUT2D eigenvalue weighted by Crippen LogP contribution is -2.30. The molecular weight excluding hydrogens is 398 g/mol. The Bertz CT molecular complexity index is 997. The topological polar surface area (TPSA) is 74.9 Å². The average Bonchev–Trinajstić information content (AvgIpc) is 3.02. The van der Waals surface area contributed by atoms with E-state index >= 15 is 0 Å². The number of methoxy groups -OCH3 is 2. The third kappa shape index (κ3) is 4.14. The maximum Gasteiger partial charge on any atom is 0.283 e. The molecule has 0 N–H and O–H groups in total. The monoisotopic (exact) mass is 413 g/mol. The van der Waals surface area contributed by atoms with Crippen LogP contribution in [0.2, 0.25) is 5.02 Å². The van der Waals surface area contributed by atoms with Gasteiger partial charge in [-0.3, -0.25) is 9.69 Å². The Morgan fingerprint density at radius 3 is 2.61 bits per heavy atom. The molecule has 0 spiro atoms. The lowest BCUT2D eigenvalue weighted by Gasteiger charge is -2.18. The first-order valence-electron chi connectivity index (χ1n) is 8.19. The Morgan fingerprint density at radius 2 is 1.96 bits per heavy atom. The molecule has 0 aliphatic carbocycles. The molecule has 2 aromatic rings. The standard InChI is InChI=1S/C20H16ClN3O3S/c1-26-15-6-3-13(4-7-15)11-17-19(25)24(20(23-17)28-10-9-22)14-5-8-16(21)18(12-14)27-2/h3-8,11-12H,10H2,1-2H3. The van der Waals surface area contributed by atoms with Gasteiger partial charge in [-0.15, -0.1) is 0 Å². The molecule has 28 heavy (non-hydrogen) atoms. The predicted molar refractivity (Wildman–Crippen MR) is 112 cm³/mol. The second kappa shape index (κ2) is 8.83. The van der Waals surface area contributed by atoms with Crippen molar-refractivity contribution in [1.29, 1.82) is 5.26 Å². The second-order valence-electron chi connectivity index (χ2n) is 5.60. The molecule has 0 saturated heterocycles. The number of rotatable bonds is 5. The van der Waals surface area contributed by atoms with Crippen molar-refractivity contribution in [1.82, 2.24) is 0 Å². The molecule has 0 bridgehead atoms. The first kappa shape index (κ1) is 19.8. The van der Waals surface area contributed by atoms with Crippen LogP contribution in [0.3, 0.4) is 0 Å². The predicted octanol–water partition coefficient (Wildman–Crippen LogP) is 4.36. The van der Waals surface area contributed by atoms with E-state index in [1.54, 1.807) is 31.4 Å². The molecule has 0 fully saturated rings. The van der Waals surface area contributed by atoms with Crippen LogP contribution in [0.4, 0.5) is 5.69 Å². The molecule has 1 heterocycles. The zero-order chi connectivity index (χ0) is 20.1. The zero-order valence-electron chi connectivity index (χ0n) is 15.2. The van der Waals surface area contributed by atoms with Gasteiger partial charge in [-0.05, 0) is 35.9 Å². The highest BCUT2D eigenvalue weighted by molar-refractivity contribution is 8.14. The summed E-state index contributed by atoms with van der Waals surface area (Å²) in [5, 5.41) is 9.79. The van der Waals surface area contributed by atoms with E-state index in [-0.39, 0.29) is 17.4 Å². The molecule has 142 valence electrons. The summed E-state index contributed by atoms with van der Waals surface area (Å²) in [7, 11) is 3.10. The molecule has 0 radical (unpaired) electrons. The summed E-state index contributed by atoms with van der Waals surface area (Å²) in [6.07, 6.45) is 1.70. The molecule has 8 heteroatoms. The van der Waals surface area contributed by atoms with Crippen molar-refractivity contribution in [2.45, 2.75) is 0 Å².